The zero-order valence-corrected chi connectivity index (χ0v) is 18.2. The fourth-order valence-electron chi connectivity index (χ4n) is 4.40. The number of furan rings is 1. The normalized spacial score (nSPS) is 22.8. The van der Waals surface area contributed by atoms with E-state index in [-0.39, 0.29) is 18.9 Å². The highest BCUT2D eigenvalue weighted by molar-refractivity contribution is 5.99. The Morgan fingerprint density at radius 2 is 1.79 bits per heavy atom. The molecular weight excluding hydrogens is 442 g/mol. The predicted molar refractivity (Wildman–Crippen MR) is 123 cm³/mol. The molecule has 1 fully saturated rings. The lowest BCUT2D eigenvalue weighted by Crippen LogP contribution is -2.60. The Morgan fingerprint density at radius 1 is 1.09 bits per heavy atom. The van der Waals surface area contributed by atoms with Crippen molar-refractivity contribution in [3.8, 4) is 0 Å². The molecule has 1 amide bonds. The number of aliphatic hydroxyl groups excluding tert-OH is 2. The van der Waals surface area contributed by atoms with Gasteiger partial charge < -0.3 is 24.7 Å². The van der Waals surface area contributed by atoms with E-state index in [2.05, 4.69) is 10.3 Å². The molecule has 2 aromatic heterocycles. The van der Waals surface area contributed by atoms with Crippen molar-refractivity contribution in [3.63, 3.8) is 0 Å². The average molecular weight is 465 g/mol. The molecule has 34 heavy (non-hydrogen) atoms. The number of benzene rings is 2. The summed E-state index contributed by atoms with van der Waals surface area (Å²) < 4.78 is 12.7. The highest BCUT2D eigenvalue weighted by Gasteiger charge is 2.40. The minimum absolute atomic E-state index is 0.0933. The van der Waals surface area contributed by atoms with Crippen molar-refractivity contribution >= 4 is 27.8 Å². The summed E-state index contributed by atoms with van der Waals surface area (Å²) in [5.74, 6) is -0.411. The molecule has 0 radical (unpaired) electrons. The zero-order chi connectivity index (χ0) is 24.0. The second-order valence-electron chi connectivity index (χ2n) is 8.37. The Labute approximate surface area is 192 Å². The van der Waals surface area contributed by atoms with Crippen LogP contribution in [0.3, 0.4) is 0 Å². The molecule has 4 N–H and O–H groups in total. The van der Waals surface area contributed by atoms with E-state index in [1.807, 2.05) is 12.1 Å². The first kappa shape index (κ1) is 22.1. The van der Waals surface area contributed by atoms with Crippen molar-refractivity contribution in [1.82, 2.24) is 14.9 Å². The number of hydrogen-bond donors (Lipinski definition) is 4. The van der Waals surface area contributed by atoms with Crippen molar-refractivity contribution in [2.45, 2.75) is 37.8 Å². The van der Waals surface area contributed by atoms with Crippen LogP contribution in [0.15, 0.2) is 62.5 Å². The molecule has 2 aromatic carbocycles. The highest BCUT2D eigenvalue weighted by Crippen LogP contribution is 2.25. The monoisotopic (exact) mass is 465 g/mol. The number of carbonyl (C=O) groups is 1. The van der Waals surface area contributed by atoms with Crippen LogP contribution in [0.5, 0.6) is 0 Å². The standard InChI is InChI=1S/C24H23N3O7/c1-12-13-6-3-5-9-17(13)34-21(12)23(31)25-15-11-33-18(20(29)19(15)28)10-27-16-8-4-2-7-14(16)22(30)26-24(27)32/h2-9,15,18-20,28-29H,10-11H2,1H3,(H,25,31)(H,26,30,32)/t15-,18-,19+,20-/m1/s1. The molecule has 3 heterocycles. The van der Waals surface area contributed by atoms with Crippen molar-refractivity contribution in [2.75, 3.05) is 6.61 Å². The van der Waals surface area contributed by atoms with Crippen LogP contribution in [0.25, 0.3) is 21.9 Å². The largest absolute Gasteiger partial charge is 0.451 e. The number of aromatic nitrogens is 2. The number of amides is 1. The van der Waals surface area contributed by atoms with Crippen molar-refractivity contribution < 1.29 is 24.2 Å². The van der Waals surface area contributed by atoms with Gasteiger partial charge in [-0.15, -0.1) is 0 Å². The summed E-state index contributed by atoms with van der Waals surface area (Å²) in [5, 5.41) is 25.2. The molecule has 5 rings (SSSR count). The van der Waals surface area contributed by atoms with Gasteiger partial charge in [0, 0.05) is 10.9 Å². The molecule has 4 atom stereocenters. The van der Waals surface area contributed by atoms with Gasteiger partial charge in [-0.05, 0) is 25.1 Å². The number of aryl methyl sites for hydroxylation is 1. The van der Waals surface area contributed by atoms with Crippen LogP contribution in [0.1, 0.15) is 16.1 Å². The van der Waals surface area contributed by atoms with E-state index < -0.39 is 41.5 Å². The number of aromatic amines is 1. The number of carbonyl (C=O) groups excluding carboxylic acids is 1. The minimum Gasteiger partial charge on any atom is -0.451 e. The third-order valence-electron chi connectivity index (χ3n) is 6.27. The fourth-order valence-corrected chi connectivity index (χ4v) is 4.40. The SMILES string of the molecule is Cc1c(C(=O)N[C@@H]2CO[C@H](Cn3c(=O)[nH]c(=O)c4ccccc43)[C@@H](O)[C@H]2O)oc2ccccc12. The van der Waals surface area contributed by atoms with E-state index in [0.29, 0.717) is 22.0 Å². The molecule has 4 aromatic rings. The molecule has 10 heteroatoms. The summed E-state index contributed by atoms with van der Waals surface area (Å²) in [6.07, 6.45) is -3.69. The lowest BCUT2D eigenvalue weighted by molar-refractivity contribution is -0.152. The van der Waals surface area contributed by atoms with E-state index in [1.165, 1.54) is 4.57 Å². The molecule has 0 saturated carbocycles. The first-order chi connectivity index (χ1) is 16.3. The van der Waals surface area contributed by atoms with Crippen LogP contribution < -0.4 is 16.6 Å². The number of rotatable bonds is 4. The molecule has 0 unspecified atom stereocenters. The maximum absolute atomic E-state index is 12.8. The lowest BCUT2D eigenvalue weighted by atomic mass is 9.97. The quantitative estimate of drug-likeness (QED) is 0.346. The number of nitrogens with zero attached hydrogens (tertiary/aromatic N) is 1. The van der Waals surface area contributed by atoms with Gasteiger partial charge in [-0.2, -0.15) is 0 Å². The van der Waals surface area contributed by atoms with Gasteiger partial charge in [-0.1, -0.05) is 30.3 Å². The van der Waals surface area contributed by atoms with E-state index in [9.17, 15) is 24.6 Å². The summed E-state index contributed by atoms with van der Waals surface area (Å²) in [7, 11) is 0. The van der Waals surface area contributed by atoms with Gasteiger partial charge in [0.2, 0.25) is 0 Å². The van der Waals surface area contributed by atoms with Gasteiger partial charge in [0.15, 0.2) is 5.76 Å². The number of aliphatic hydroxyl groups is 2. The molecule has 10 nitrogen and oxygen atoms in total. The second kappa shape index (κ2) is 8.56. The summed E-state index contributed by atoms with van der Waals surface area (Å²) in [5.41, 5.74) is 0.471. The van der Waals surface area contributed by atoms with Crippen LogP contribution >= 0.6 is 0 Å². The number of ether oxygens (including phenoxy) is 1. The number of nitrogens with one attached hydrogen (secondary N) is 2. The Hall–Kier alpha value is -3.73. The Balaban J connectivity index is 1.33. The molecule has 1 saturated heterocycles. The van der Waals surface area contributed by atoms with E-state index in [4.69, 9.17) is 9.15 Å². The van der Waals surface area contributed by atoms with Crippen LogP contribution in [0.4, 0.5) is 0 Å². The summed E-state index contributed by atoms with van der Waals surface area (Å²) >= 11 is 0. The number of H-pyrrole nitrogens is 1. The summed E-state index contributed by atoms with van der Waals surface area (Å²) in [6, 6.07) is 12.9. The van der Waals surface area contributed by atoms with Crippen LogP contribution in [-0.2, 0) is 11.3 Å². The van der Waals surface area contributed by atoms with Crippen LogP contribution in [-0.4, -0.2) is 56.6 Å². The van der Waals surface area contributed by atoms with Crippen molar-refractivity contribution in [2.24, 2.45) is 0 Å². The van der Waals surface area contributed by atoms with Gasteiger partial charge in [0.25, 0.3) is 11.5 Å². The van der Waals surface area contributed by atoms with Gasteiger partial charge in [-0.3, -0.25) is 19.1 Å². The maximum atomic E-state index is 12.8. The molecule has 1 aliphatic rings. The molecule has 1 aliphatic heterocycles. The number of para-hydroxylation sites is 2. The van der Waals surface area contributed by atoms with Crippen LogP contribution in [0, 0.1) is 6.92 Å². The van der Waals surface area contributed by atoms with E-state index in [1.54, 1.807) is 43.3 Å². The van der Waals surface area contributed by atoms with Crippen molar-refractivity contribution in [1.29, 1.82) is 0 Å². The van der Waals surface area contributed by atoms with E-state index in [0.717, 1.165) is 5.39 Å². The second-order valence-corrected chi connectivity index (χ2v) is 8.37. The highest BCUT2D eigenvalue weighted by atomic mass is 16.5. The average Bonchev–Trinajstić information content (AvgIpc) is 3.17. The smallest absolute Gasteiger partial charge is 0.328 e. The molecule has 0 bridgehead atoms. The molecular formula is C24H23N3O7. The Kier molecular flexibility index (Phi) is 5.56. The zero-order valence-electron chi connectivity index (χ0n) is 18.2. The fraction of sp³-hybridized carbons (Fsp3) is 0.292. The van der Waals surface area contributed by atoms with E-state index >= 15 is 0 Å². The van der Waals surface area contributed by atoms with Gasteiger partial charge in [0.1, 0.15) is 23.9 Å². The predicted octanol–water partition coefficient (Wildman–Crippen LogP) is 0.664. The first-order valence-electron chi connectivity index (χ1n) is 10.8. The van der Waals surface area contributed by atoms with Gasteiger partial charge >= 0.3 is 5.69 Å². The van der Waals surface area contributed by atoms with Gasteiger partial charge in [0.05, 0.1) is 30.1 Å². The Morgan fingerprint density at radius 3 is 2.56 bits per heavy atom. The molecule has 0 aliphatic carbocycles. The Bertz CT molecular complexity index is 1500. The third kappa shape index (κ3) is 3.71. The van der Waals surface area contributed by atoms with Gasteiger partial charge in [-0.25, -0.2) is 4.79 Å². The maximum Gasteiger partial charge on any atom is 0.328 e. The third-order valence-corrected chi connectivity index (χ3v) is 6.27. The topological polar surface area (TPSA) is 147 Å². The first-order valence-corrected chi connectivity index (χ1v) is 10.8. The summed E-state index contributed by atoms with van der Waals surface area (Å²) in [6.45, 7) is 1.58. The van der Waals surface area contributed by atoms with Crippen LogP contribution in [0.2, 0.25) is 0 Å². The number of hydrogen-bond acceptors (Lipinski definition) is 7. The minimum atomic E-state index is -1.39. The lowest BCUT2D eigenvalue weighted by Gasteiger charge is -2.38. The molecule has 176 valence electrons. The summed E-state index contributed by atoms with van der Waals surface area (Å²) in [4.78, 5) is 39.6. The van der Waals surface area contributed by atoms with Crippen molar-refractivity contribution in [3.05, 3.63) is 80.7 Å². The molecule has 0 spiro atoms. The number of fused-ring (bicyclic) bond motifs is 2.